The summed E-state index contributed by atoms with van der Waals surface area (Å²) in [7, 11) is 0. The van der Waals surface area contributed by atoms with Crippen molar-refractivity contribution in [2.45, 2.75) is 190 Å². The van der Waals surface area contributed by atoms with E-state index in [0.717, 1.165) is 54.0 Å². The van der Waals surface area contributed by atoms with Gasteiger partial charge in [0.1, 0.15) is 74.3 Å². The van der Waals surface area contributed by atoms with Crippen LogP contribution >= 0.6 is 0 Å². The summed E-state index contributed by atoms with van der Waals surface area (Å²) >= 11 is 0. The van der Waals surface area contributed by atoms with Gasteiger partial charge >= 0.3 is 47.8 Å². The van der Waals surface area contributed by atoms with Crippen molar-refractivity contribution in [3.05, 3.63) is 144 Å². The molecule has 22 atom stereocenters. The Bertz CT molecular complexity index is 3250. The van der Waals surface area contributed by atoms with Crippen LogP contribution in [0.3, 0.4) is 0 Å². The Kier molecular flexibility index (Phi) is 23.7. The Morgan fingerprint density at radius 2 is 0.768 bits per heavy atom. The average Bonchev–Trinajstić information content (AvgIpc) is 0.755. The van der Waals surface area contributed by atoms with Gasteiger partial charge in [0.05, 0.1) is 25.4 Å². The SMILES string of the molecule is CC(=O)OCC1O[C@@H](O[C@@H]2C(OC(C)=O)[C@H](O[C@@H]3C(OC(=O)c4ccccc4)[C@H](O[C@@H]4C(O)[C@@H](OCc5ccccc5)OC5COC(c6ccccc6)O[C@H]54)OC4COC(c5ccccc5)O[C@H]43)OC(COC(C)=O)[C@H]2OC(C)=O)C(OC(C)=O)[C@@H](OC(C)=O)[C@@H]1OC(C)=O. The summed E-state index contributed by atoms with van der Waals surface area (Å²) in [5.41, 5.74) is 1.89. The fourth-order valence-electron chi connectivity index (χ4n) is 11.8. The van der Waals surface area contributed by atoms with Gasteiger partial charge in [-0.2, -0.15) is 0 Å². The number of hydrogen-bond acceptors (Lipinski definition) is 29. The summed E-state index contributed by atoms with van der Waals surface area (Å²) in [6.07, 6.45) is -35.8. The van der Waals surface area contributed by atoms with Crippen LogP contribution in [0.15, 0.2) is 121 Å². The number of carbonyl (C=O) groups is 8. The van der Waals surface area contributed by atoms with Crippen LogP contribution in [-0.2, 0) is 135 Å². The zero-order valence-corrected chi connectivity index (χ0v) is 52.7. The molecule has 0 aromatic heterocycles. The predicted molar refractivity (Wildman–Crippen MR) is 313 cm³/mol. The molecule has 10 unspecified atom stereocenters. The van der Waals surface area contributed by atoms with Crippen molar-refractivity contribution in [2.75, 3.05) is 26.4 Å². The zero-order chi connectivity index (χ0) is 67.4. The van der Waals surface area contributed by atoms with Crippen molar-refractivity contribution in [3.63, 3.8) is 0 Å². The van der Waals surface area contributed by atoms with Gasteiger partial charge in [0.15, 0.2) is 74.4 Å². The number of fused-ring (bicyclic) bond motifs is 2. The third-order valence-corrected chi connectivity index (χ3v) is 15.7. The van der Waals surface area contributed by atoms with Gasteiger partial charge in [-0.25, -0.2) is 4.79 Å². The minimum Gasteiger partial charge on any atom is -0.463 e. The highest BCUT2D eigenvalue weighted by molar-refractivity contribution is 5.89. The molecule has 0 spiro atoms. The highest BCUT2D eigenvalue weighted by Gasteiger charge is 2.62. The summed E-state index contributed by atoms with van der Waals surface area (Å²) in [5, 5.41) is 12.6. The van der Waals surface area contributed by atoms with Gasteiger partial charge in [0, 0.05) is 59.6 Å². The second-order valence-corrected chi connectivity index (χ2v) is 22.8. The number of hydrogen-bond donors (Lipinski definition) is 1. The van der Waals surface area contributed by atoms with E-state index in [9.17, 15) is 43.5 Å². The van der Waals surface area contributed by atoms with Gasteiger partial charge in [-0.1, -0.05) is 109 Å². The van der Waals surface area contributed by atoms with E-state index in [1.54, 1.807) is 72.8 Å². The van der Waals surface area contributed by atoms with Crippen LogP contribution in [0.5, 0.6) is 0 Å². The molecule has 6 fully saturated rings. The maximum atomic E-state index is 14.9. The van der Waals surface area contributed by atoms with Gasteiger partial charge in [0.25, 0.3) is 0 Å². The second-order valence-electron chi connectivity index (χ2n) is 22.8. The minimum absolute atomic E-state index is 0.0249. The normalized spacial score (nSPS) is 33.5. The van der Waals surface area contributed by atoms with Gasteiger partial charge in [0.2, 0.25) is 0 Å². The molecule has 4 aromatic carbocycles. The molecule has 95 heavy (non-hydrogen) atoms. The van der Waals surface area contributed by atoms with Crippen molar-refractivity contribution in [1.82, 2.24) is 0 Å². The molecule has 6 aliphatic heterocycles. The number of rotatable bonds is 22. The summed E-state index contributed by atoms with van der Waals surface area (Å²) < 4.78 is 126. The first-order chi connectivity index (χ1) is 45.7. The standard InChI is InChI=1S/C66H74O29/c1-33(67)76-29-44-50(81-35(3)69)54(83-37(5)71)57(84-38(6)72)64(87-44)94-55-51(82-36(4)70)45(30-77-34(2)68)88-65(58(55)85-39(7)73)95-56-52-47(32-80-62(92-52)43-26-18-11-19-27-43)89-66(59(56)90-60(75)41-22-14-9-15-23-41)93-53-48(74)63(78-28-40-20-12-8-13-21-40)86-46-31-79-61(91-49(46)53)42-24-16-10-17-25-42/h8-27,44-59,61-66,74H,28-32H2,1-7H3/t44?,45?,46?,47?,48?,49-,50-,51-,52-,53-,54+,55+,56+,57?,58?,59?,61?,62?,63+,64+,65+,66+/m1/s1. The van der Waals surface area contributed by atoms with Crippen LogP contribution in [0, 0.1) is 0 Å². The fraction of sp³-hybridized carbons (Fsp3) is 0.515. The van der Waals surface area contributed by atoms with Crippen LogP contribution in [0.1, 0.15) is 88.1 Å². The molecule has 0 saturated carbocycles. The first-order valence-corrected chi connectivity index (χ1v) is 30.6. The average molecular weight is 1330 g/mol. The third-order valence-electron chi connectivity index (χ3n) is 15.7. The highest BCUT2D eigenvalue weighted by Crippen LogP contribution is 2.44. The smallest absolute Gasteiger partial charge is 0.338 e. The molecule has 0 bridgehead atoms. The highest BCUT2D eigenvalue weighted by atomic mass is 16.8. The van der Waals surface area contributed by atoms with E-state index in [1.165, 1.54) is 12.1 Å². The van der Waals surface area contributed by atoms with Gasteiger partial charge in [-0.3, -0.25) is 33.6 Å². The van der Waals surface area contributed by atoms with E-state index in [1.807, 2.05) is 36.4 Å². The summed E-state index contributed by atoms with van der Waals surface area (Å²) in [5.74, 6) is -7.67. The lowest BCUT2D eigenvalue weighted by atomic mass is 9.94. The Hall–Kier alpha value is -7.88. The molecule has 10 rings (SSSR count). The predicted octanol–water partition coefficient (Wildman–Crippen LogP) is 3.86. The summed E-state index contributed by atoms with van der Waals surface area (Å²) in [6.45, 7) is 5.29. The lowest BCUT2D eigenvalue weighted by Crippen LogP contribution is -2.70. The molecule has 6 heterocycles. The summed E-state index contributed by atoms with van der Waals surface area (Å²) in [6, 6.07) is 34.6. The second kappa shape index (κ2) is 32.2. The minimum atomic E-state index is -2.08. The van der Waals surface area contributed by atoms with Crippen LogP contribution in [0.4, 0.5) is 0 Å². The quantitative estimate of drug-likeness (QED) is 0.0862. The van der Waals surface area contributed by atoms with E-state index >= 15 is 0 Å². The molecule has 6 saturated heterocycles. The molecule has 0 radical (unpaired) electrons. The molecular formula is C66H74O29. The number of benzene rings is 4. The lowest BCUT2D eigenvalue weighted by molar-refractivity contribution is -0.418. The van der Waals surface area contributed by atoms with Crippen molar-refractivity contribution < 1.29 is 138 Å². The first-order valence-electron chi connectivity index (χ1n) is 30.6. The van der Waals surface area contributed by atoms with E-state index < -0.39 is 196 Å². The fourth-order valence-corrected chi connectivity index (χ4v) is 11.8. The van der Waals surface area contributed by atoms with Crippen molar-refractivity contribution in [3.8, 4) is 0 Å². The van der Waals surface area contributed by atoms with E-state index in [4.69, 9.17) is 94.7 Å². The van der Waals surface area contributed by atoms with Crippen molar-refractivity contribution in [1.29, 1.82) is 0 Å². The van der Waals surface area contributed by atoms with E-state index in [0.29, 0.717) is 11.1 Å². The Morgan fingerprint density at radius 3 is 1.25 bits per heavy atom. The van der Waals surface area contributed by atoms with E-state index in [2.05, 4.69) is 0 Å². The van der Waals surface area contributed by atoms with Gasteiger partial charge in [-0.15, -0.1) is 0 Å². The number of carbonyl (C=O) groups excluding carboxylic acids is 8. The largest absolute Gasteiger partial charge is 0.463 e. The molecule has 0 amide bonds. The lowest BCUT2D eigenvalue weighted by Gasteiger charge is -2.53. The first kappa shape index (κ1) is 69.9. The monoisotopic (exact) mass is 1330 g/mol. The zero-order valence-electron chi connectivity index (χ0n) is 52.7. The third kappa shape index (κ3) is 17.8. The molecule has 29 nitrogen and oxygen atoms in total. The van der Waals surface area contributed by atoms with Crippen LogP contribution in [0.2, 0.25) is 0 Å². The Balaban J connectivity index is 1.10. The molecule has 4 aromatic rings. The summed E-state index contributed by atoms with van der Waals surface area (Å²) in [4.78, 5) is 106. The Morgan fingerprint density at radius 1 is 0.389 bits per heavy atom. The molecule has 29 heteroatoms. The molecule has 0 aliphatic carbocycles. The molecule has 512 valence electrons. The van der Waals surface area contributed by atoms with Gasteiger partial charge in [-0.05, 0) is 17.7 Å². The molecule has 1 N–H and O–H groups in total. The maximum Gasteiger partial charge on any atom is 0.338 e. The number of ether oxygens (including phenoxy) is 20. The van der Waals surface area contributed by atoms with Crippen molar-refractivity contribution in [2.24, 2.45) is 0 Å². The number of aliphatic hydroxyl groups excluding tert-OH is 1. The maximum absolute atomic E-state index is 14.9. The van der Waals surface area contributed by atoms with Crippen molar-refractivity contribution >= 4 is 47.8 Å². The van der Waals surface area contributed by atoms with Crippen LogP contribution in [0.25, 0.3) is 0 Å². The number of aliphatic hydroxyl groups is 1. The number of esters is 8. The van der Waals surface area contributed by atoms with Crippen LogP contribution < -0.4 is 0 Å². The topological polar surface area (TPSA) is 341 Å². The molecular weight excluding hydrogens is 1260 g/mol. The van der Waals surface area contributed by atoms with E-state index in [-0.39, 0.29) is 25.4 Å². The Labute approximate surface area is 544 Å². The molecule has 6 aliphatic rings. The van der Waals surface area contributed by atoms with Crippen LogP contribution in [-0.4, -0.2) is 202 Å². The van der Waals surface area contributed by atoms with Gasteiger partial charge < -0.3 is 99.8 Å².